The molecular weight excluding hydrogens is 352 g/mol. The first kappa shape index (κ1) is 19.9. The maximum atomic E-state index is 12.1. The number of aliphatic hydroxyl groups excluding tert-OH is 1. The SMILES string of the molecule is CC(C)CC(=O)OCC1=COC(OC(=O)CC(C)C)C2C1=CC(O)C21CO1. The van der Waals surface area contributed by atoms with Gasteiger partial charge >= 0.3 is 11.9 Å². The molecule has 0 aromatic carbocycles. The lowest BCUT2D eigenvalue weighted by atomic mass is 9.85. The molecule has 1 spiro atoms. The Kier molecular flexibility index (Phi) is 5.63. The molecule has 7 nitrogen and oxygen atoms in total. The first-order valence-corrected chi connectivity index (χ1v) is 9.46. The van der Waals surface area contributed by atoms with Gasteiger partial charge in [0.15, 0.2) is 0 Å². The fourth-order valence-corrected chi connectivity index (χ4v) is 3.55. The molecule has 2 heterocycles. The number of rotatable bonds is 7. The van der Waals surface area contributed by atoms with Crippen LogP contribution in [0.4, 0.5) is 0 Å². The fraction of sp³-hybridized carbons (Fsp3) is 0.700. The molecule has 1 aliphatic carbocycles. The zero-order valence-corrected chi connectivity index (χ0v) is 16.3. The van der Waals surface area contributed by atoms with Crippen molar-refractivity contribution < 1.29 is 33.6 Å². The van der Waals surface area contributed by atoms with Crippen LogP contribution in [0, 0.1) is 17.8 Å². The molecule has 7 heteroatoms. The summed E-state index contributed by atoms with van der Waals surface area (Å²) in [6, 6.07) is 0. The van der Waals surface area contributed by atoms with Crippen LogP contribution in [0.15, 0.2) is 23.5 Å². The van der Waals surface area contributed by atoms with E-state index in [0.29, 0.717) is 18.6 Å². The molecule has 2 aliphatic heterocycles. The van der Waals surface area contributed by atoms with Crippen molar-refractivity contribution in [3.8, 4) is 0 Å². The molecule has 0 amide bonds. The molecule has 0 radical (unpaired) electrons. The van der Waals surface area contributed by atoms with E-state index in [0.717, 1.165) is 5.57 Å². The summed E-state index contributed by atoms with van der Waals surface area (Å²) in [5.41, 5.74) is 0.588. The number of hydrogen-bond acceptors (Lipinski definition) is 7. The Morgan fingerprint density at radius 2 is 1.85 bits per heavy atom. The Bertz CT molecular complexity index is 657. The number of hydrogen-bond donors (Lipinski definition) is 1. The zero-order valence-electron chi connectivity index (χ0n) is 16.3. The molecule has 1 N–H and O–H groups in total. The van der Waals surface area contributed by atoms with Gasteiger partial charge in [-0.05, 0) is 23.5 Å². The van der Waals surface area contributed by atoms with E-state index in [1.165, 1.54) is 6.26 Å². The minimum Gasteiger partial charge on any atom is -0.461 e. The van der Waals surface area contributed by atoms with Crippen LogP contribution < -0.4 is 0 Å². The third-order valence-electron chi connectivity index (χ3n) is 4.95. The maximum absolute atomic E-state index is 12.1. The number of carbonyl (C=O) groups excluding carboxylic acids is 2. The van der Waals surface area contributed by atoms with Gasteiger partial charge < -0.3 is 24.1 Å². The predicted molar refractivity (Wildman–Crippen MR) is 95.2 cm³/mol. The summed E-state index contributed by atoms with van der Waals surface area (Å²) in [6.07, 6.45) is 2.07. The highest BCUT2D eigenvalue weighted by atomic mass is 16.7. The van der Waals surface area contributed by atoms with Crippen LogP contribution in [-0.2, 0) is 28.5 Å². The van der Waals surface area contributed by atoms with Crippen molar-refractivity contribution in [1.29, 1.82) is 0 Å². The van der Waals surface area contributed by atoms with E-state index >= 15 is 0 Å². The minimum absolute atomic E-state index is 0.0450. The van der Waals surface area contributed by atoms with Gasteiger partial charge in [-0.1, -0.05) is 27.7 Å². The topological polar surface area (TPSA) is 94.6 Å². The van der Waals surface area contributed by atoms with Gasteiger partial charge in [-0.25, -0.2) is 0 Å². The van der Waals surface area contributed by atoms with Gasteiger partial charge in [0.05, 0.1) is 18.8 Å². The van der Waals surface area contributed by atoms with E-state index in [9.17, 15) is 14.7 Å². The molecule has 0 bridgehead atoms. The molecular formula is C20H28O7. The molecule has 4 atom stereocenters. The van der Waals surface area contributed by atoms with Crippen LogP contribution in [-0.4, -0.2) is 48.3 Å². The average Bonchev–Trinajstić information content (AvgIpc) is 3.28. The average molecular weight is 380 g/mol. The summed E-state index contributed by atoms with van der Waals surface area (Å²) >= 11 is 0. The first-order chi connectivity index (χ1) is 12.7. The van der Waals surface area contributed by atoms with Crippen LogP contribution >= 0.6 is 0 Å². The lowest BCUT2D eigenvalue weighted by Gasteiger charge is -2.33. The first-order valence-electron chi connectivity index (χ1n) is 9.46. The molecule has 0 aromatic heterocycles. The van der Waals surface area contributed by atoms with Crippen LogP contribution in [0.25, 0.3) is 0 Å². The van der Waals surface area contributed by atoms with Gasteiger partial charge in [0.1, 0.15) is 18.3 Å². The number of aliphatic hydroxyl groups is 1. The predicted octanol–water partition coefficient (Wildman–Crippen LogP) is 2.09. The van der Waals surface area contributed by atoms with Crippen LogP contribution in [0.2, 0.25) is 0 Å². The summed E-state index contributed by atoms with van der Waals surface area (Å²) < 4.78 is 22.1. The minimum atomic E-state index is -0.864. The van der Waals surface area contributed by atoms with Crippen molar-refractivity contribution in [2.24, 2.45) is 17.8 Å². The Balaban J connectivity index is 1.72. The quantitative estimate of drug-likeness (QED) is 0.534. The van der Waals surface area contributed by atoms with Crippen molar-refractivity contribution >= 4 is 11.9 Å². The van der Waals surface area contributed by atoms with Crippen molar-refractivity contribution in [3.05, 3.63) is 23.5 Å². The third-order valence-corrected chi connectivity index (χ3v) is 4.95. The van der Waals surface area contributed by atoms with Gasteiger partial charge in [-0.3, -0.25) is 9.59 Å². The van der Waals surface area contributed by atoms with Crippen LogP contribution in [0.1, 0.15) is 40.5 Å². The summed E-state index contributed by atoms with van der Waals surface area (Å²) in [5.74, 6) is -0.700. The van der Waals surface area contributed by atoms with Crippen molar-refractivity contribution in [1.82, 2.24) is 0 Å². The van der Waals surface area contributed by atoms with Crippen LogP contribution in [0.3, 0.4) is 0 Å². The Morgan fingerprint density at radius 1 is 1.22 bits per heavy atom. The zero-order chi connectivity index (χ0) is 19.8. The Labute approximate surface area is 159 Å². The van der Waals surface area contributed by atoms with Crippen molar-refractivity contribution in [2.75, 3.05) is 13.2 Å². The van der Waals surface area contributed by atoms with Gasteiger partial charge in [-0.15, -0.1) is 0 Å². The van der Waals surface area contributed by atoms with E-state index < -0.39 is 23.9 Å². The third kappa shape index (κ3) is 4.19. The number of carbonyl (C=O) groups is 2. The highest BCUT2D eigenvalue weighted by Gasteiger charge is 2.66. The standard InChI is InChI=1S/C20H28O7/c1-11(2)5-16(22)24-8-13-9-25-19(27-17(23)6-12(3)4)18-14(13)7-15(21)20(18)10-26-20/h7,9,11-12,15,18-19,21H,5-6,8,10H2,1-4H3. The number of epoxide rings is 1. The van der Waals surface area contributed by atoms with Crippen molar-refractivity contribution in [2.45, 2.75) is 58.5 Å². The highest BCUT2D eigenvalue weighted by molar-refractivity contribution is 5.70. The largest absolute Gasteiger partial charge is 0.461 e. The second-order valence-electron chi connectivity index (χ2n) is 8.28. The van der Waals surface area contributed by atoms with Gasteiger partial charge in [0.25, 0.3) is 6.29 Å². The highest BCUT2D eigenvalue weighted by Crippen LogP contribution is 2.53. The summed E-state index contributed by atoms with van der Waals surface area (Å²) in [7, 11) is 0. The molecule has 0 aromatic rings. The van der Waals surface area contributed by atoms with E-state index in [4.69, 9.17) is 18.9 Å². The van der Waals surface area contributed by atoms with E-state index in [1.807, 2.05) is 27.7 Å². The van der Waals surface area contributed by atoms with E-state index in [1.54, 1.807) is 6.08 Å². The number of ether oxygens (including phenoxy) is 4. The molecule has 1 fully saturated rings. The normalized spacial score (nSPS) is 31.3. The smallest absolute Gasteiger partial charge is 0.309 e. The molecule has 3 rings (SSSR count). The molecule has 150 valence electrons. The summed E-state index contributed by atoms with van der Waals surface area (Å²) in [4.78, 5) is 24.0. The second kappa shape index (κ2) is 7.64. The molecule has 4 unspecified atom stereocenters. The maximum Gasteiger partial charge on any atom is 0.309 e. The van der Waals surface area contributed by atoms with Gasteiger partial charge in [0, 0.05) is 18.4 Å². The van der Waals surface area contributed by atoms with Gasteiger partial charge in [-0.2, -0.15) is 0 Å². The summed E-state index contributed by atoms with van der Waals surface area (Å²) in [5, 5.41) is 10.4. The number of esters is 2. The van der Waals surface area contributed by atoms with Crippen LogP contribution in [0.5, 0.6) is 0 Å². The lowest BCUT2D eigenvalue weighted by molar-refractivity contribution is -0.184. The van der Waals surface area contributed by atoms with Gasteiger partial charge in [0.2, 0.25) is 0 Å². The molecule has 27 heavy (non-hydrogen) atoms. The van der Waals surface area contributed by atoms with E-state index in [-0.39, 0.29) is 36.8 Å². The molecule has 3 aliphatic rings. The fourth-order valence-electron chi connectivity index (χ4n) is 3.55. The summed E-state index contributed by atoms with van der Waals surface area (Å²) in [6.45, 7) is 8.16. The molecule has 1 saturated heterocycles. The second-order valence-corrected chi connectivity index (χ2v) is 8.28. The monoisotopic (exact) mass is 380 g/mol. The Morgan fingerprint density at radius 3 is 2.44 bits per heavy atom. The van der Waals surface area contributed by atoms with E-state index in [2.05, 4.69) is 0 Å². The molecule has 0 saturated carbocycles. The number of fused-ring (bicyclic) bond motifs is 2. The van der Waals surface area contributed by atoms with Crippen molar-refractivity contribution in [3.63, 3.8) is 0 Å². The Hall–Kier alpha value is -1.86. The lowest BCUT2D eigenvalue weighted by Crippen LogP contribution is -2.43.